The maximum atomic E-state index is 12.9. The molecule has 0 aromatic heterocycles. The minimum absolute atomic E-state index is 0.0278. The first-order chi connectivity index (χ1) is 12.1. The first-order valence-corrected chi connectivity index (χ1v) is 8.45. The molecule has 2 aromatic carbocycles. The zero-order chi connectivity index (χ0) is 17.6. The molecular formula is C21H20O4. The Kier molecular flexibility index (Phi) is 3.64. The Morgan fingerprint density at radius 3 is 1.92 bits per heavy atom. The predicted octanol–water partition coefficient (Wildman–Crippen LogP) is 3.39. The Morgan fingerprint density at radius 1 is 0.920 bits per heavy atom. The second kappa shape index (κ2) is 5.73. The van der Waals surface area contributed by atoms with E-state index in [1.807, 2.05) is 24.3 Å². The van der Waals surface area contributed by atoms with E-state index in [1.54, 1.807) is 0 Å². The standard InChI is InChI=1S/C21H20O4/c1-24-18(22)12-21(20(23)25-2)11-17-13-7-3-5-9-15(13)19(21)16-10-6-4-8-14(16)17/h3-10,17,19H,11-12H2,1-2H3/t17?,19?,21-/m0/s1. The van der Waals surface area contributed by atoms with E-state index in [0.29, 0.717) is 6.42 Å². The highest BCUT2D eigenvalue weighted by molar-refractivity contribution is 5.87. The molecule has 0 saturated heterocycles. The quantitative estimate of drug-likeness (QED) is 0.806. The molecule has 3 aliphatic carbocycles. The number of ether oxygens (including phenoxy) is 2. The van der Waals surface area contributed by atoms with Crippen molar-refractivity contribution >= 4 is 11.9 Å². The molecule has 0 spiro atoms. The van der Waals surface area contributed by atoms with Gasteiger partial charge in [0.15, 0.2) is 0 Å². The van der Waals surface area contributed by atoms with E-state index in [1.165, 1.54) is 25.3 Å². The normalized spacial score (nSPS) is 25.7. The number of hydrogen-bond donors (Lipinski definition) is 0. The molecule has 3 aliphatic rings. The Morgan fingerprint density at radius 2 is 1.44 bits per heavy atom. The smallest absolute Gasteiger partial charge is 0.313 e. The number of carbonyl (C=O) groups is 2. The Labute approximate surface area is 146 Å². The fourth-order valence-corrected chi connectivity index (χ4v) is 4.80. The Hall–Kier alpha value is -2.62. The van der Waals surface area contributed by atoms with Crippen molar-refractivity contribution in [2.24, 2.45) is 5.41 Å². The van der Waals surface area contributed by atoms with Gasteiger partial charge in [-0.1, -0.05) is 48.5 Å². The molecule has 0 amide bonds. The third kappa shape index (κ3) is 2.13. The summed E-state index contributed by atoms with van der Waals surface area (Å²) in [5.74, 6) is -0.831. The number of carbonyl (C=O) groups excluding carboxylic acids is 2. The summed E-state index contributed by atoms with van der Waals surface area (Å²) in [4.78, 5) is 25.1. The van der Waals surface area contributed by atoms with Gasteiger partial charge in [-0.25, -0.2) is 0 Å². The van der Waals surface area contributed by atoms with Crippen LogP contribution in [0.15, 0.2) is 48.5 Å². The second-order valence-electron chi connectivity index (χ2n) is 6.85. The van der Waals surface area contributed by atoms with Crippen molar-refractivity contribution in [1.29, 1.82) is 0 Å². The van der Waals surface area contributed by atoms with Crippen molar-refractivity contribution in [3.63, 3.8) is 0 Å². The maximum Gasteiger partial charge on any atom is 0.313 e. The number of methoxy groups -OCH3 is 2. The first kappa shape index (κ1) is 15.9. The Balaban J connectivity index is 1.97. The van der Waals surface area contributed by atoms with E-state index in [0.717, 1.165) is 11.1 Å². The van der Waals surface area contributed by atoms with Gasteiger partial charge in [-0.2, -0.15) is 0 Å². The summed E-state index contributed by atoms with van der Waals surface area (Å²) in [7, 11) is 2.75. The summed E-state index contributed by atoms with van der Waals surface area (Å²) in [5.41, 5.74) is 3.81. The second-order valence-corrected chi connectivity index (χ2v) is 6.85. The molecule has 5 rings (SSSR count). The lowest BCUT2D eigenvalue weighted by Crippen LogP contribution is -2.48. The van der Waals surface area contributed by atoms with Crippen LogP contribution >= 0.6 is 0 Å². The number of hydrogen-bond acceptors (Lipinski definition) is 4. The molecule has 25 heavy (non-hydrogen) atoms. The summed E-state index contributed by atoms with van der Waals surface area (Å²) < 4.78 is 10.1. The highest BCUT2D eigenvalue weighted by atomic mass is 16.5. The van der Waals surface area contributed by atoms with E-state index in [-0.39, 0.29) is 30.2 Å². The number of esters is 2. The predicted molar refractivity (Wildman–Crippen MR) is 92.3 cm³/mol. The average Bonchev–Trinajstić information content (AvgIpc) is 2.67. The fraction of sp³-hybridized carbons (Fsp3) is 0.333. The molecule has 2 aromatic rings. The number of fused-ring (bicyclic) bond motifs is 1. The van der Waals surface area contributed by atoms with Crippen LogP contribution in [-0.4, -0.2) is 26.2 Å². The first-order valence-electron chi connectivity index (χ1n) is 8.45. The van der Waals surface area contributed by atoms with E-state index in [9.17, 15) is 9.59 Å². The lowest BCUT2D eigenvalue weighted by molar-refractivity contribution is -0.162. The van der Waals surface area contributed by atoms with Gasteiger partial charge >= 0.3 is 11.9 Å². The molecule has 0 aliphatic heterocycles. The van der Waals surface area contributed by atoms with Crippen LogP contribution in [0.5, 0.6) is 0 Å². The number of rotatable bonds is 3. The number of benzene rings is 2. The third-order valence-corrected chi connectivity index (χ3v) is 5.77. The highest BCUT2D eigenvalue weighted by Crippen LogP contribution is 2.62. The van der Waals surface area contributed by atoms with Gasteiger partial charge in [0.05, 0.1) is 26.1 Å². The van der Waals surface area contributed by atoms with Gasteiger partial charge in [0.25, 0.3) is 0 Å². The summed E-state index contributed by atoms with van der Waals surface area (Å²) >= 11 is 0. The maximum absolute atomic E-state index is 12.9. The summed E-state index contributed by atoms with van der Waals surface area (Å²) in [6, 6.07) is 16.4. The van der Waals surface area contributed by atoms with Gasteiger partial charge in [0.1, 0.15) is 0 Å². The van der Waals surface area contributed by atoms with Gasteiger partial charge in [-0.3, -0.25) is 9.59 Å². The minimum atomic E-state index is -0.921. The highest BCUT2D eigenvalue weighted by Gasteiger charge is 2.58. The van der Waals surface area contributed by atoms with Crippen LogP contribution in [0.2, 0.25) is 0 Å². The third-order valence-electron chi connectivity index (χ3n) is 5.77. The summed E-state index contributed by atoms with van der Waals surface area (Å²) in [5, 5.41) is 0. The topological polar surface area (TPSA) is 52.6 Å². The average molecular weight is 336 g/mol. The van der Waals surface area contributed by atoms with E-state index in [2.05, 4.69) is 24.3 Å². The van der Waals surface area contributed by atoms with Crippen LogP contribution in [0.25, 0.3) is 0 Å². The monoisotopic (exact) mass is 336 g/mol. The van der Waals surface area contributed by atoms with Crippen molar-refractivity contribution in [2.45, 2.75) is 24.7 Å². The largest absolute Gasteiger partial charge is 0.469 e. The molecule has 4 nitrogen and oxygen atoms in total. The zero-order valence-electron chi connectivity index (χ0n) is 14.3. The fourth-order valence-electron chi connectivity index (χ4n) is 4.80. The molecule has 0 unspecified atom stereocenters. The molecular weight excluding hydrogens is 316 g/mol. The SMILES string of the molecule is COC(=O)C[C@@]1(C(=O)OC)CC2c3ccccc3C1c1ccccc12. The van der Waals surface area contributed by atoms with Crippen LogP contribution in [0.1, 0.15) is 46.9 Å². The molecule has 0 saturated carbocycles. The molecule has 128 valence electrons. The van der Waals surface area contributed by atoms with Gasteiger partial charge in [-0.05, 0) is 28.7 Å². The molecule has 0 radical (unpaired) electrons. The lowest BCUT2D eigenvalue weighted by atomic mass is 9.51. The van der Waals surface area contributed by atoms with Crippen LogP contribution in [-0.2, 0) is 19.1 Å². The van der Waals surface area contributed by atoms with Crippen molar-refractivity contribution < 1.29 is 19.1 Å². The van der Waals surface area contributed by atoms with E-state index < -0.39 is 5.41 Å². The zero-order valence-corrected chi connectivity index (χ0v) is 14.3. The van der Waals surface area contributed by atoms with Gasteiger partial charge in [0.2, 0.25) is 0 Å². The van der Waals surface area contributed by atoms with Gasteiger partial charge < -0.3 is 9.47 Å². The summed E-state index contributed by atoms with van der Waals surface area (Å²) in [6.45, 7) is 0. The molecule has 2 bridgehead atoms. The van der Waals surface area contributed by atoms with E-state index >= 15 is 0 Å². The van der Waals surface area contributed by atoms with Gasteiger partial charge in [0, 0.05) is 11.8 Å². The van der Waals surface area contributed by atoms with Crippen LogP contribution in [0.3, 0.4) is 0 Å². The van der Waals surface area contributed by atoms with Crippen LogP contribution in [0.4, 0.5) is 0 Å². The molecule has 4 heteroatoms. The lowest BCUT2D eigenvalue weighted by Gasteiger charge is -2.51. The van der Waals surface area contributed by atoms with Crippen molar-refractivity contribution in [1.82, 2.24) is 0 Å². The molecule has 1 atom stereocenters. The van der Waals surface area contributed by atoms with Crippen LogP contribution < -0.4 is 0 Å². The molecule has 0 heterocycles. The summed E-state index contributed by atoms with van der Waals surface area (Å²) in [6.07, 6.45) is 0.591. The van der Waals surface area contributed by atoms with Crippen molar-refractivity contribution in [3.8, 4) is 0 Å². The van der Waals surface area contributed by atoms with Crippen molar-refractivity contribution in [2.75, 3.05) is 14.2 Å². The van der Waals surface area contributed by atoms with Crippen LogP contribution in [0, 0.1) is 5.41 Å². The van der Waals surface area contributed by atoms with Crippen molar-refractivity contribution in [3.05, 3.63) is 70.8 Å². The van der Waals surface area contributed by atoms with Gasteiger partial charge in [-0.15, -0.1) is 0 Å². The van der Waals surface area contributed by atoms with E-state index in [4.69, 9.17) is 9.47 Å². The minimum Gasteiger partial charge on any atom is -0.469 e. The molecule has 0 N–H and O–H groups in total. The Bertz CT molecular complexity index is 809. The molecule has 0 fully saturated rings.